The third-order valence-corrected chi connectivity index (χ3v) is 3.09. The summed E-state index contributed by atoms with van der Waals surface area (Å²) in [5.74, 6) is -0.895. The summed E-state index contributed by atoms with van der Waals surface area (Å²) in [4.78, 5) is 23.5. The van der Waals surface area contributed by atoms with Gasteiger partial charge in [-0.2, -0.15) is 0 Å². The fourth-order valence-corrected chi connectivity index (χ4v) is 1.88. The molecule has 102 valence electrons. The van der Waals surface area contributed by atoms with Crippen LogP contribution in [-0.2, 0) is 4.79 Å². The highest BCUT2D eigenvalue weighted by Crippen LogP contribution is 2.28. The summed E-state index contributed by atoms with van der Waals surface area (Å²) in [5.41, 5.74) is 6.31. The quantitative estimate of drug-likeness (QED) is 0.638. The SMILES string of the molecule is CC(C)(NC(=O)c1cccc2c1NCCN2)C(N)=O. The Kier molecular flexibility index (Phi) is 3.33. The molecule has 0 saturated carbocycles. The number of hydrogen-bond acceptors (Lipinski definition) is 4. The first-order chi connectivity index (χ1) is 8.92. The van der Waals surface area contributed by atoms with Crippen LogP contribution in [0.3, 0.4) is 0 Å². The highest BCUT2D eigenvalue weighted by molar-refractivity contribution is 6.05. The highest BCUT2D eigenvalue weighted by atomic mass is 16.2. The smallest absolute Gasteiger partial charge is 0.254 e. The molecule has 0 spiro atoms. The molecule has 2 amide bonds. The van der Waals surface area contributed by atoms with E-state index in [9.17, 15) is 9.59 Å². The van der Waals surface area contributed by atoms with E-state index >= 15 is 0 Å². The average molecular weight is 262 g/mol. The van der Waals surface area contributed by atoms with Gasteiger partial charge in [0, 0.05) is 13.1 Å². The van der Waals surface area contributed by atoms with Gasteiger partial charge in [-0.15, -0.1) is 0 Å². The molecule has 19 heavy (non-hydrogen) atoms. The number of para-hydroxylation sites is 1. The van der Waals surface area contributed by atoms with Crippen molar-refractivity contribution in [3.05, 3.63) is 23.8 Å². The number of carbonyl (C=O) groups is 2. The van der Waals surface area contributed by atoms with Crippen molar-refractivity contribution in [2.24, 2.45) is 5.73 Å². The van der Waals surface area contributed by atoms with E-state index in [1.54, 1.807) is 26.0 Å². The second-order valence-electron chi connectivity index (χ2n) is 5.03. The Hall–Kier alpha value is -2.24. The second kappa shape index (κ2) is 4.79. The van der Waals surface area contributed by atoms with Crippen molar-refractivity contribution in [3.63, 3.8) is 0 Å². The Labute approximate surface area is 111 Å². The topological polar surface area (TPSA) is 96.2 Å². The van der Waals surface area contributed by atoms with Crippen LogP contribution in [0.5, 0.6) is 0 Å². The fraction of sp³-hybridized carbons (Fsp3) is 0.385. The third-order valence-electron chi connectivity index (χ3n) is 3.09. The number of fused-ring (bicyclic) bond motifs is 1. The van der Waals surface area contributed by atoms with Gasteiger partial charge in [0.15, 0.2) is 0 Å². The van der Waals surface area contributed by atoms with Gasteiger partial charge >= 0.3 is 0 Å². The highest BCUT2D eigenvalue weighted by Gasteiger charge is 2.28. The average Bonchev–Trinajstić information content (AvgIpc) is 2.37. The van der Waals surface area contributed by atoms with Crippen molar-refractivity contribution < 1.29 is 9.59 Å². The lowest BCUT2D eigenvalue weighted by molar-refractivity contribution is -0.122. The molecule has 0 aliphatic carbocycles. The van der Waals surface area contributed by atoms with Gasteiger partial charge in [0.1, 0.15) is 5.54 Å². The van der Waals surface area contributed by atoms with E-state index in [0.717, 1.165) is 24.5 Å². The molecule has 1 aromatic carbocycles. The van der Waals surface area contributed by atoms with E-state index in [2.05, 4.69) is 16.0 Å². The Balaban J connectivity index is 2.27. The zero-order chi connectivity index (χ0) is 14.0. The van der Waals surface area contributed by atoms with E-state index < -0.39 is 11.4 Å². The first-order valence-electron chi connectivity index (χ1n) is 6.15. The molecule has 6 nitrogen and oxygen atoms in total. The molecule has 0 saturated heterocycles. The molecule has 2 rings (SSSR count). The fourth-order valence-electron chi connectivity index (χ4n) is 1.88. The van der Waals surface area contributed by atoms with Gasteiger partial charge in [0.25, 0.3) is 5.91 Å². The van der Waals surface area contributed by atoms with Gasteiger partial charge in [0.2, 0.25) is 5.91 Å². The molecule has 1 heterocycles. The monoisotopic (exact) mass is 262 g/mol. The number of hydrogen-bond donors (Lipinski definition) is 4. The van der Waals surface area contributed by atoms with Gasteiger partial charge in [-0.3, -0.25) is 9.59 Å². The maximum atomic E-state index is 12.3. The number of rotatable bonds is 3. The molecular formula is C13H18N4O2. The summed E-state index contributed by atoms with van der Waals surface area (Å²) in [7, 11) is 0. The molecule has 0 atom stereocenters. The standard InChI is InChI=1S/C13H18N4O2/c1-13(2,12(14)19)17-11(18)8-4-3-5-9-10(8)16-7-6-15-9/h3-5,15-16H,6-7H2,1-2H3,(H2,14,19)(H,17,18). The van der Waals surface area contributed by atoms with Gasteiger partial charge < -0.3 is 21.7 Å². The third kappa shape index (κ3) is 2.62. The number of amides is 2. The number of nitrogens with one attached hydrogen (secondary N) is 3. The summed E-state index contributed by atoms with van der Waals surface area (Å²) >= 11 is 0. The molecule has 0 unspecified atom stereocenters. The molecule has 1 aromatic rings. The minimum atomic E-state index is -1.08. The van der Waals surface area contributed by atoms with Crippen LogP contribution in [0, 0.1) is 0 Å². The summed E-state index contributed by atoms with van der Waals surface area (Å²) in [6.07, 6.45) is 0. The van der Waals surface area contributed by atoms with Crippen molar-refractivity contribution in [2.45, 2.75) is 19.4 Å². The number of benzene rings is 1. The van der Waals surface area contributed by atoms with E-state index in [4.69, 9.17) is 5.73 Å². The predicted octanol–water partition coefficient (Wildman–Crippen LogP) is 0.518. The molecule has 0 radical (unpaired) electrons. The van der Waals surface area contributed by atoms with Crippen LogP contribution in [0.2, 0.25) is 0 Å². The minimum Gasteiger partial charge on any atom is -0.382 e. The number of nitrogens with two attached hydrogens (primary N) is 1. The second-order valence-corrected chi connectivity index (χ2v) is 5.03. The Bertz CT molecular complexity index is 525. The van der Waals surface area contributed by atoms with Crippen LogP contribution in [-0.4, -0.2) is 30.4 Å². The van der Waals surface area contributed by atoms with Crippen molar-refractivity contribution in [2.75, 3.05) is 23.7 Å². The molecule has 0 bridgehead atoms. The molecule has 1 aliphatic heterocycles. The lowest BCUT2D eigenvalue weighted by Crippen LogP contribution is -2.53. The first kappa shape index (κ1) is 13.2. The van der Waals surface area contributed by atoms with Gasteiger partial charge in [-0.25, -0.2) is 0 Å². The van der Waals surface area contributed by atoms with Crippen molar-refractivity contribution in [1.29, 1.82) is 0 Å². The van der Waals surface area contributed by atoms with Crippen molar-refractivity contribution >= 4 is 23.2 Å². The lowest BCUT2D eigenvalue weighted by atomic mass is 10.0. The normalized spacial score (nSPS) is 13.8. The van der Waals surface area contributed by atoms with Crippen molar-refractivity contribution in [3.8, 4) is 0 Å². The van der Waals surface area contributed by atoms with Gasteiger partial charge in [-0.05, 0) is 26.0 Å². The largest absolute Gasteiger partial charge is 0.382 e. The lowest BCUT2D eigenvalue weighted by Gasteiger charge is -2.25. The summed E-state index contributed by atoms with van der Waals surface area (Å²) in [6.45, 7) is 4.71. The molecule has 0 aromatic heterocycles. The zero-order valence-corrected chi connectivity index (χ0v) is 11.0. The van der Waals surface area contributed by atoms with Crippen LogP contribution in [0.1, 0.15) is 24.2 Å². The van der Waals surface area contributed by atoms with Gasteiger partial charge in [0.05, 0.1) is 16.9 Å². The van der Waals surface area contributed by atoms with Crippen LogP contribution in [0.15, 0.2) is 18.2 Å². The summed E-state index contributed by atoms with van der Waals surface area (Å²) in [5, 5.41) is 9.04. The van der Waals surface area contributed by atoms with Crippen molar-refractivity contribution in [1.82, 2.24) is 5.32 Å². The van der Waals surface area contributed by atoms with E-state index in [1.807, 2.05) is 6.07 Å². The number of anilines is 2. The van der Waals surface area contributed by atoms with Gasteiger partial charge in [-0.1, -0.05) is 6.07 Å². The zero-order valence-electron chi connectivity index (χ0n) is 11.0. The number of carbonyl (C=O) groups excluding carboxylic acids is 2. The molecule has 5 N–H and O–H groups in total. The van der Waals surface area contributed by atoms with E-state index in [1.165, 1.54) is 0 Å². The maximum Gasteiger partial charge on any atom is 0.254 e. The molecule has 1 aliphatic rings. The van der Waals surface area contributed by atoms with Crippen LogP contribution < -0.4 is 21.7 Å². The number of primary amides is 1. The Morgan fingerprint density at radius 1 is 1.26 bits per heavy atom. The summed E-state index contributed by atoms with van der Waals surface area (Å²) in [6, 6.07) is 5.41. The van der Waals surface area contributed by atoms with Crippen LogP contribution in [0.25, 0.3) is 0 Å². The summed E-state index contributed by atoms with van der Waals surface area (Å²) < 4.78 is 0. The molecular weight excluding hydrogens is 244 g/mol. The predicted molar refractivity (Wildman–Crippen MR) is 74.2 cm³/mol. The van der Waals surface area contributed by atoms with Crippen LogP contribution >= 0.6 is 0 Å². The van der Waals surface area contributed by atoms with Crippen LogP contribution in [0.4, 0.5) is 11.4 Å². The van der Waals surface area contributed by atoms with E-state index in [-0.39, 0.29) is 5.91 Å². The Morgan fingerprint density at radius 2 is 1.95 bits per heavy atom. The first-order valence-corrected chi connectivity index (χ1v) is 6.15. The Morgan fingerprint density at radius 3 is 2.63 bits per heavy atom. The molecule has 0 fully saturated rings. The molecule has 6 heteroatoms. The van der Waals surface area contributed by atoms with E-state index in [0.29, 0.717) is 5.56 Å². The maximum absolute atomic E-state index is 12.3. The minimum absolute atomic E-state index is 0.322.